The first kappa shape index (κ1) is 14.4. The van der Waals surface area contributed by atoms with Gasteiger partial charge in [0.15, 0.2) is 0 Å². The first-order chi connectivity index (χ1) is 9.84. The summed E-state index contributed by atoms with van der Waals surface area (Å²) in [4.78, 5) is 23.3. The lowest BCUT2D eigenvalue weighted by Crippen LogP contribution is -2.47. The number of carbonyl (C=O) groups is 2. The molecule has 1 saturated carbocycles. The van der Waals surface area contributed by atoms with Crippen LogP contribution >= 0.6 is 0 Å². The van der Waals surface area contributed by atoms with Crippen LogP contribution in [-0.4, -0.2) is 18.0 Å². The number of fused-ring (bicyclic) bond motifs is 3. The molecule has 4 heteroatoms. The fourth-order valence-corrected chi connectivity index (χ4v) is 4.35. The lowest BCUT2D eigenvalue weighted by Gasteiger charge is -2.49. The standard InChI is InChI=1S/C17H22O4/c1-9-5-6-13(20-11(3)18)17(4)8-7-12-10(2)16(19)21-15(12)14(9)17/h5-6,10,12,14-15H,7-8H2,1-4H3/t10-,12-,14+,15-,17-/m0/s1. The summed E-state index contributed by atoms with van der Waals surface area (Å²) in [6.07, 6.45) is 5.62. The van der Waals surface area contributed by atoms with Crippen LogP contribution in [-0.2, 0) is 19.1 Å². The maximum atomic E-state index is 11.9. The average Bonchev–Trinajstić information content (AvgIpc) is 2.68. The van der Waals surface area contributed by atoms with Gasteiger partial charge in [-0.05, 0) is 25.8 Å². The van der Waals surface area contributed by atoms with Gasteiger partial charge in [-0.25, -0.2) is 0 Å². The van der Waals surface area contributed by atoms with Crippen molar-refractivity contribution in [1.82, 2.24) is 0 Å². The molecule has 1 aliphatic heterocycles. The Hall–Kier alpha value is -1.58. The fourth-order valence-electron chi connectivity index (χ4n) is 4.35. The average molecular weight is 290 g/mol. The van der Waals surface area contributed by atoms with Crippen molar-refractivity contribution in [3.8, 4) is 0 Å². The Morgan fingerprint density at radius 1 is 1.43 bits per heavy atom. The fraction of sp³-hybridized carbons (Fsp3) is 0.647. The van der Waals surface area contributed by atoms with Gasteiger partial charge in [-0.15, -0.1) is 0 Å². The van der Waals surface area contributed by atoms with E-state index in [9.17, 15) is 9.59 Å². The number of hydrogen-bond donors (Lipinski definition) is 0. The third-order valence-electron chi connectivity index (χ3n) is 5.50. The second-order valence-electron chi connectivity index (χ2n) is 6.82. The van der Waals surface area contributed by atoms with Crippen LogP contribution in [0.2, 0.25) is 0 Å². The van der Waals surface area contributed by atoms with E-state index < -0.39 is 0 Å². The topological polar surface area (TPSA) is 52.6 Å². The molecular weight excluding hydrogens is 268 g/mol. The molecule has 3 rings (SSSR count). The van der Waals surface area contributed by atoms with Crippen LogP contribution in [0, 0.1) is 23.2 Å². The molecule has 0 amide bonds. The SMILES string of the molecule is CC(=O)OC1=CC=C(C)[C@@H]2[C@H]3OC(=O)[C@@H](C)[C@@H]3CC[C@@]12C. The minimum Gasteiger partial charge on any atom is -0.461 e. The van der Waals surface area contributed by atoms with E-state index in [0.29, 0.717) is 5.76 Å². The Bertz CT molecular complexity index is 559. The van der Waals surface area contributed by atoms with E-state index in [2.05, 4.69) is 13.8 Å². The van der Waals surface area contributed by atoms with Gasteiger partial charge < -0.3 is 9.47 Å². The van der Waals surface area contributed by atoms with E-state index in [1.165, 1.54) is 12.5 Å². The maximum absolute atomic E-state index is 11.9. The van der Waals surface area contributed by atoms with Gasteiger partial charge in [-0.2, -0.15) is 0 Å². The van der Waals surface area contributed by atoms with Gasteiger partial charge in [-0.3, -0.25) is 9.59 Å². The second kappa shape index (κ2) is 4.72. The summed E-state index contributed by atoms with van der Waals surface area (Å²) in [5, 5.41) is 0. The zero-order chi connectivity index (χ0) is 15.4. The number of allylic oxidation sites excluding steroid dienone is 3. The molecule has 114 valence electrons. The molecule has 3 aliphatic rings. The van der Waals surface area contributed by atoms with Crippen molar-refractivity contribution in [2.45, 2.75) is 46.6 Å². The lowest BCUT2D eigenvalue weighted by molar-refractivity contribution is -0.149. The van der Waals surface area contributed by atoms with E-state index in [-0.39, 0.29) is 41.2 Å². The normalized spacial score (nSPS) is 41.4. The number of esters is 2. The maximum Gasteiger partial charge on any atom is 0.309 e. The Morgan fingerprint density at radius 3 is 2.81 bits per heavy atom. The van der Waals surface area contributed by atoms with Gasteiger partial charge in [0.1, 0.15) is 11.9 Å². The Labute approximate surface area is 125 Å². The quantitative estimate of drug-likeness (QED) is 0.697. The number of carbonyl (C=O) groups excluding carboxylic acids is 2. The molecule has 2 fully saturated rings. The van der Waals surface area contributed by atoms with E-state index in [1.807, 2.05) is 19.1 Å². The summed E-state index contributed by atoms with van der Waals surface area (Å²) in [6, 6.07) is 0. The Balaban J connectivity index is 1.99. The number of ether oxygens (including phenoxy) is 2. The molecule has 0 radical (unpaired) electrons. The molecule has 21 heavy (non-hydrogen) atoms. The predicted molar refractivity (Wildman–Crippen MR) is 77.0 cm³/mol. The van der Waals surface area contributed by atoms with Crippen LogP contribution in [0.1, 0.15) is 40.5 Å². The predicted octanol–water partition coefficient (Wildman–Crippen LogP) is 2.99. The smallest absolute Gasteiger partial charge is 0.309 e. The molecule has 0 aromatic rings. The number of rotatable bonds is 1. The lowest BCUT2D eigenvalue weighted by atomic mass is 9.57. The van der Waals surface area contributed by atoms with Crippen molar-refractivity contribution in [1.29, 1.82) is 0 Å². The molecular formula is C17H22O4. The van der Waals surface area contributed by atoms with Gasteiger partial charge in [0, 0.05) is 24.2 Å². The van der Waals surface area contributed by atoms with Gasteiger partial charge in [0.2, 0.25) is 0 Å². The summed E-state index contributed by atoms with van der Waals surface area (Å²) in [7, 11) is 0. The summed E-state index contributed by atoms with van der Waals surface area (Å²) < 4.78 is 11.1. The first-order valence-electron chi connectivity index (χ1n) is 7.62. The van der Waals surface area contributed by atoms with Crippen molar-refractivity contribution in [2.24, 2.45) is 23.2 Å². The molecule has 0 aromatic carbocycles. The highest BCUT2D eigenvalue weighted by Crippen LogP contribution is 2.57. The van der Waals surface area contributed by atoms with Crippen LogP contribution in [0.5, 0.6) is 0 Å². The molecule has 4 nitrogen and oxygen atoms in total. The van der Waals surface area contributed by atoms with Crippen molar-refractivity contribution in [3.05, 3.63) is 23.5 Å². The van der Waals surface area contributed by atoms with E-state index in [4.69, 9.17) is 9.47 Å². The van der Waals surface area contributed by atoms with E-state index >= 15 is 0 Å². The monoisotopic (exact) mass is 290 g/mol. The van der Waals surface area contributed by atoms with Gasteiger partial charge in [0.25, 0.3) is 0 Å². The zero-order valence-corrected chi connectivity index (χ0v) is 13.0. The van der Waals surface area contributed by atoms with E-state index in [0.717, 1.165) is 12.8 Å². The third-order valence-corrected chi connectivity index (χ3v) is 5.50. The molecule has 0 N–H and O–H groups in total. The van der Waals surface area contributed by atoms with Crippen LogP contribution in [0.25, 0.3) is 0 Å². The second-order valence-corrected chi connectivity index (χ2v) is 6.82. The van der Waals surface area contributed by atoms with Gasteiger partial charge in [0.05, 0.1) is 5.92 Å². The van der Waals surface area contributed by atoms with Crippen molar-refractivity contribution in [2.75, 3.05) is 0 Å². The van der Waals surface area contributed by atoms with Crippen LogP contribution in [0.3, 0.4) is 0 Å². The van der Waals surface area contributed by atoms with E-state index in [1.54, 1.807) is 0 Å². The third kappa shape index (κ3) is 2.03. The molecule has 1 heterocycles. The number of hydrogen-bond acceptors (Lipinski definition) is 4. The first-order valence-corrected chi connectivity index (χ1v) is 7.62. The minimum absolute atomic E-state index is 0.0320. The van der Waals surface area contributed by atoms with Crippen LogP contribution in [0.4, 0.5) is 0 Å². The molecule has 5 atom stereocenters. The van der Waals surface area contributed by atoms with Crippen LogP contribution in [0.15, 0.2) is 23.5 Å². The van der Waals surface area contributed by atoms with Crippen LogP contribution < -0.4 is 0 Å². The largest absolute Gasteiger partial charge is 0.461 e. The molecule has 0 aromatic heterocycles. The van der Waals surface area contributed by atoms with Gasteiger partial charge >= 0.3 is 11.9 Å². The summed E-state index contributed by atoms with van der Waals surface area (Å²) >= 11 is 0. The minimum atomic E-state index is -0.298. The molecule has 0 spiro atoms. The van der Waals surface area contributed by atoms with Crippen molar-refractivity contribution < 1.29 is 19.1 Å². The highest BCUT2D eigenvalue weighted by molar-refractivity contribution is 5.75. The zero-order valence-electron chi connectivity index (χ0n) is 13.0. The molecule has 2 aliphatic carbocycles. The molecule has 0 unspecified atom stereocenters. The Kier molecular flexibility index (Phi) is 3.23. The van der Waals surface area contributed by atoms with Crippen molar-refractivity contribution >= 4 is 11.9 Å². The summed E-state index contributed by atoms with van der Waals surface area (Å²) in [6.45, 7) is 7.58. The Morgan fingerprint density at radius 2 is 2.14 bits per heavy atom. The van der Waals surface area contributed by atoms with Crippen molar-refractivity contribution in [3.63, 3.8) is 0 Å². The summed E-state index contributed by atoms with van der Waals surface area (Å²) in [5.41, 5.74) is 0.931. The molecule has 1 saturated heterocycles. The molecule has 0 bridgehead atoms. The summed E-state index contributed by atoms with van der Waals surface area (Å²) in [5.74, 6) is 0.661. The van der Waals surface area contributed by atoms with Gasteiger partial charge in [-0.1, -0.05) is 25.5 Å². The highest BCUT2D eigenvalue weighted by atomic mass is 16.6. The highest BCUT2D eigenvalue weighted by Gasteiger charge is 2.57.